The van der Waals surface area contributed by atoms with Gasteiger partial charge in [0.05, 0.1) is 0 Å². The Morgan fingerprint density at radius 2 is 1.56 bits per heavy atom. The van der Waals surface area contributed by atoms with Crippen LogP contribution in [-0.4, -0.2) is 6.36 Å². The summed E-state index contributed by atoms with van der Waals surface area (Å²) in [4.78, 5) is 0. The number of rotatable bonds is 2. The van der Waals surface area contributed by atoms with Crippen LogP contribution in [0.2, 0.25) is 0 Å². The summed E-state index contributed by atoms with van der Waals surface area (Å²) >= 11 is 0. The molecular formula is C13H10F3NO. The summed E-state index contributed by atoms with van der Waals surface area (Å²) in [5.41, 5.74) is 7.85. The highest BCUT2D eigenvalue weighted by molar-refractivity contribution is 5.67. The molecule has 0 radical (unpaired) electrons. The number of anilines is 1. The molecule has 0 atom stereocenters. The Labute approximate surface area is 102 Å². The molecule has 5 heteroatoms. The molecule has 0 saturated heterocycles. The number of ether oxygens (including phenoxy) is 1. The summed E-state index contributed by atoms with van der Waals surface area (Å²) in [6.45, 7) is 0. The molecule has 0 amide bonds. The Morgan fingerprint density at radius 1 is 0.889 bits per heavy atom. The van der Waals surface area contributed by atoms with Crippen molar-refractivity contribution in [1.82, 2.24) is 0 Å². The van der Waals surface area contributed by atoms with E-state index in [0.717, 1.165) is 11.1 Å². The maximum atomic E-state index is 12.0. The van der Waals surface area contributed by atoms with Crippen molar-refractivity contribution in [1.29, 1.82) is 0 Å². The van der Waals surface area contributed by atoms with Crippen molar-refractivity contribution in [3.05, 3.63) is 48.5 Å². The van der Waals surface area contributed by atoms with E-state index in [2.05, 4.69) is 4.74 Å². The normalized spacial score (nSPS) is 11.3. The van der Waals surface area contributed by atoms with E-state index in [9.17, 15) is 13.2 Å². The Kier molecular flexibility index (Phi) is 3.14. The number of alkyl halides is 3. The number of hydrogen-bond donors (Lipinski definition) is 1. The number of nitrogens with two attached hydrogens (primary N) is 1. The Balaban J connectivity index is 2.22. The molecule has 0 aliphatic heterocycles. The standard InChI is InChI=1S/C13H10F3NO/c14-13(15,16)18-12-6-4-9(5-7-12)10-2-1-3-11(17)8-10/h1-8H,17H2. The third kappa shape index (κ3) is 3.16. The molecule has 0 unspecified atom stereocenters. The molecule has 0 fully saturated rings. The van der Waals surface area contributed by atoms with E-state index in [0.29, 0.717) is 5.69 Å². The number of benzene rings is 2. The van der Waals surface area contributed by atoms with Gasteiger partial charge in [-0.1, -0.05) is 24.3 Å². The zero-order valence-corrected chi connectivity index (χ0v) is 9.24. The molecule has 0 aromatic heterocycles. The molecule has 2 rings (SSSR count). The second-order valence-corrected chi connectivity index (χ2v) is 3.70. The Morgan fingerprint density at radius 3 is 2.11 bits per heavy atom. The minimum absolute atomic E-state index is 0.241. The molecule has 2 N–H and O–H groups in total. The average molecular weight is 253 g/mol. The first-order valence-electron chi connectivity index (χ1n) is 5.16. The van der Waals surface area contributed by atoms with Crippen molar-refractivity contribution < 1.29 is 17.9 Å². The third-order valence-electron chi connectivity index (χ3n) is 2.31. The Hall–Kier alpha value is -2.17. The first-order chi connectivity index (χ1) is 8.44. The molecular weight excluding hydrogens is 243 g/mol. The first-order valence-corrected chi connectivity index (χ1v) is 5.16. The quantitative estimate of drug-likeness (QED) is 0.825. The van der Waals surface area contributed by atoms with E-state index >= 15 is 0 Å². The molecule has 94 valence electrons. The number of halogens is 3. The molecule has 0 bridgehead atoms. The second kappa shape index (κ2) is 4.60. The molecule has 18 heavy (non-hydrogen) atoms. The summed E-state index contributed by atoms with van der Waals surface area (Å²) in [6, 6.07) is 12.7. The highest BCUT2D eigenvalue weighted by Gasteiger charge is 2.30. The van der Waals surface area contributed by atoms with E-state index in [1.807, 2.05) is 6.07 Å². The van der Waals surface area contributed by atoms with Gasteiger partial charge in [0.25, 0.3) is 0 Å². The van der Waals surface area contributed by atoms with E-state index in [-0.39, 0.29) is 5.75 Å². The van der Waals surface area contributed by atoms with E-state index in [1.54, 1.807) is 30.3 Å². The number of nitrogen functional groups attached to an aromatic ring is 1. The van der Waals surface area contributed by atoms with Gasteiger partial charge in [-0.25, -0.2) is 0 Å². The molecule has 0 aliphatic rings. The van der Waals surface area contributed by atoms with E-state index in [4.69, 9.17) is 5.73 Å². The molecule has 2 nitrogen and oxygen atoms in total. The lowest BCUT2D eigenvalue weighted by Gasteiger charge is -2.09. The van der Waals surface area contributed by atoms with E-state index < -0.39 is 6.36 Å². The lowest BCUT2D eigenvalue weighted by atomic mass is 10.1. The van der Waals surface area contributed by atoms with Gasteiger partial charge in [0.2, 0.25) is 0 Å². The van der Waals surface area contributed by atoms with Gasteiger partial charge in [-0.3, -0.25) is 0 Å². The van der Waals surface area contributed by atoms with Crippen molar-refractivity contribution in [2.45, 2.75) is 6.36 Å². The SMILES string of the molecule is Nc1cccc(-c2ccc(OC(F)(F)F)cc2)c1. The van der Waals surface area contributed by atoms with Crippen molar-refractivity contribution in [3.8, 4) is 16.9 Å². The van der Waals surface area contributed by atoms with Gasteiger partial charge < -0.3 is 10.5 Å². The van der Waals surface area contributed by atoms with Crippen LogP contribution in [0.3, 0.4) is 0 Å². The predicted octanol–water partition coefficient (Wildman–Crippen LogP) is 3.83. The molecule has 0 heterocycles. The highest BCUT2D eigenvalue weighted by atomic mass is 19.4. The first kappa shape index (κ1) is 12.3. The van der Waals surface area contributed by atoms with Crippen molar-refractivity contribution in [3.63, 3.8) is 0 Å². The fourth-order valence-electron chi connectivity index (χ4n) is 1.57. The molecule has 0 aliphatic carbocycles. The lowest BCUT2D eigenvalue weighted by molar-refractivity contribution is -0.274. The zero-order valence-electron chi connectivity index (χ0n) is 9.24. The van der Waals surface area contributed by atoms with Crippen molar-refractivity contribution >= 4 is 5.69 Å². The van der Waals surface area contributed by atoms with Crippen LogP contribution < -0.4 is 10.5 Å². The maximum absolute atomic E-state index is 12.0. The van der Waals surface area contributed by atoms with Gasteiger partial charge in [-0.2, -0.15) is 0 Å². The van der Waals surface area contributed by atoms with Gasteiger partial charge >= 0.3 is 6.36 Å². The number of hydrogen-bond acceptors (Lipinski definition) is 2. The fourth-order valence-corrected chi connectivity index (χ4v) is 1.57. The van der Waals surface area contributed by atoms with Crippen LogP contribution in [-0.2, 0) is 0 Å². The molecule has 0 saturated carbocycles. The van der Waals surface area contributed by atoms with Crippen LogP contribution in [0.25, 0.3) is 11.1 Å². The summed E-state index contributed by atoms with van der Waals surface area (Å²) in [5.74, 6) is -0.241. The summed E-state index contributed by atoms with van der Waals surface area (Å²) < 4.78 is 39.7. The topological polar surface area (TPSA) is 35.2 Å². The molecule has 0 spiro atoms. The maximum Gasteiger partial charge on any atom is 0.573 e. The fraction of sp³-hybridized carbons (Fsp3) is 0.0769. The Bertz CT molecular complexity index is 535. The van der Waals surface area contributed by atoms with Gasteiger partial charge in [-0.15, -0.1) is 13.2 Å². The third-order valence-corrected chi connectivity index (χ3v) is 2.31. The van der Waals surface area contributed by atoms with E-state index in [1.165, 1.54) is 12.1 Å². The van der Waals surface area contributed by atoms with Crippen LogP contribution >= 0.6 is 0 Å². The highest BCUT2D eigenvalue weighted by Crippen LogP contribution is 2.27. The van der Waals surface area contributed by atoms with Crippen LogP contribution in [0.15, 0.2) is 48.5 Å². The lowest BCUT2D eigenvalue weighted by Crippen LogP contribution is -2.16. The van der Waals surface area contributed by atoms with Crippen LogP contribution in [0.4, 0.5) is 18.9 Å². The van der Waals surface area contributed by atoms with Crippen LogP contribution in [0.5, 0.6) is 5.75 Å². The van der Waals surface area contributed by atoms with Crippen molar-refractivity contribution in [2.24, 2.45) is 0 Å². The smallest absolute Gasteiger partial charge is 0.406 e. The van der Waals surface area contributed by atoms with Gasteiger partial charge in [-0.05, 0) is 35.4 Å². The second-order valence-electron chi connectivity index (χ2n) is 3.70. The largest absolute Gasteiger partial charge is 0.573 e. The minimum atomic E-state index is -4.67. The predicted molar refractivity (Wildman–Crippen MR) is 63.0 cm³/mol. The monoisotopic (exact) mass is 253 g/mol. The molecule has 2 aromatic rings. The minimum Gasteiger partial charge on any atom is -0.406 e. The van der Waals surface area contributed by atoms with Gasteiger partial charge in [0.1, 0.15) is 5.75 Å². The summed E-state index contributed by atoms with van der Waals surface area (Å²) in [5, 5.41) is 0. The van der Waals surface area contributed by atoms with Crippen molar-refractivity contribution in [2.75, 3.05) is 5.73 Å². The zero-order chi connectivity index (χ0) is 13.2. The van der Waals surface area contributed by atoms with Crippen LogP contribution in [0.1, 0.15) is 0 Å². The summed E-state index contributed by atoms with van der Waals surface area (Å²) in [6.07, 6.45) is -4.67. The average Bonchev–Trinajstić information content (AvgIpc) is 2.28. The van der Waals surface area contributed by atoms with Gasteiger partial charge in [0, 0.05) is 5.69 Å². The van der Waals surface area contributed by atoms with Crippen LogP contribution in [0, 0.1) is 0 Å². The summed E-state index contributed by atoms with van der Waals surface area (Å²) in [7, 11) is 0. The van der Waals surface area contributed by atoms with Gasteiger partial charge in [0.15, 0.2) is 0 Å². The molecule has 2 aromatic carbocycles.